The number of ketones is 1. The van der Waals surface area contributed by atoms with Crippen LogP contribution in [-0.2, 0) is 19.2 Å². The molecule has 5 unspecified atom stereocenters. The molecule has 5 rings (SSSR count). The van der Waals surface area contributed by atoms with Crippen molar-refractivity contribution in [2.24, 2.45) is 39.2 Å². The van der Waals surface area contributed by atoms with Crippen molar-refractivity contribution in [2.45, 2.75) is 150 Å². The predicted molar refractivity (Wildman–Crippen MR) is 197 cm³/mol. The number of likely N-dealkylation sites (tertiary alicyclic amines) is 1. The van der Waals surface area contributed by atoms with Gasteiger partial charge in [-0.05, 0) is 74.7 Å². The lowest BCUT2D eigenvalue weighted by atomic mass is 9.73. The number of rotatable bonds is 12. The standard InChI is InChI=1S/C39H67N7O5/c1-23(2)28(21-45-19-24(3)44(10)25(4)20-45)42-35(51)43-31(36(5,6)7)34(50)46-22-39(37(8,9)38(39)15-12-16-38)18-29(46)33(49)41-27(30(47)32(40)48)17-26-13-11-14-26/h23-29,31H,11-22H2,1-10H3,(H2,40,48)(H,41,49)(H2,42,43,51)/t24-,25+,27?,28?,29?,31?,39?. The Hall–Kier alpha value is -2.73. The number of hydrogen-bond donors (Lipinski definition) is 4. The maximum Gasteiger partial charge on any atom is 0.315 e. The molecule has 5 aliphatic rings. The number of likely N-dealkylation sites (N-methyl/N-ethyl adjacent to an activating group) is 1. The van der Waals surface area contributed by atoms with Crippen LogP contribution in [0.5, 0.6) is 0 Å². The maximum absolute atomic E-state index is 14.8. The average molecular weight is 714 g/mol. The molecule has 0 aromatic rings. The van der Waals surface area contributed by atoms with Crippen LogP contribution in [0, 0.1) is 33.5 Å². The maximum atomic E-state index is 14.8. The van der Waals surface area contributed by atoms with Gasteiger partial charge >= 0.3 is 6.03 Å². The number of carbonyl (C=O) groups excluding carboxylic acids is 5. The zero-order chi connectivity index (χ0) is 37.8. The summed E-state index contributed by atoms with van der Waals surface area (Å²) in [5.41, 5.74) is 4.52. The largest absolute Gasteiger partial charge is 0.363 e. The van der Waals surface area contributed by atoms with E-state index in [4.69, 9.17) is 5.73 Å². The fourth-order valence-electron chi connectivity index (χ4n) is 10.3. The molecule has 0 radical (unpaired) electrons. The van der Waals surface area contributed by atoms with Crippen LogP contribution in [0.4, 0.5) is 4.79 Å². The Morgan fingerprint density at radius 2 is 1.51 bits per heavy atom. The fourth-order valence-corrected chi connectivity index (χ4v) is 10.3. The van der Waals surface area contributed by atoms with E-state index in [0.717, 1.165) is 51.6 Å². The number of fused-ring (bicyclic) bond motifs is 1. The number of hydrogen-bond acceptors (Lipinski definition) is 7. The van der Waals surface area contributed by atoms with Gasteiger partial charge in [0.05, 0.1) is 6.04 Å². The number of nitrogens with one attached hydrogen (secondary N) is 3. The van der Waals surface area contributed by atoms with Crippen molar-refractivity contribution in [2.75, 3.05) is 33.2 Å². The summed E-state index contributed by atoms with van der Waals surface area (Å²) >= 11 is 0. The van der Waals surface area contributed by atoms with Crippen molar-refractivity contribution in [3.63, 3.8) is 0 Å². The molecule has 2 aliphatic heterocycles. The second-order valence-corrected chi connectivity index (χ2v) is 19.0. The number of piperazine rings is 1. The van der Waals surface area contributed by atoms with Crippen LogP contribution in [0.3, 0.4) is 0 Å². The van der Waals surface area contributed by atoms with E-state index < -0.39 is 47.2 Å². The summed E-state index contributed by atoms with van der Waals surface area (Å²) in [6, 6.07) is -2.46. The minimum Gasteiger partial charge on any atom is -0.363 e. The van der Waals surface area contributed by atoms with Crippen molar-refractivity contribution < 1.29 is 24.0 Å². The summed E-state index contributed by atoms with van der Waals surface area (Å²) in [7, 11) is 2.16. The van der Waals surface area contributed by atoms with Crippen LogP contribution in [0.25, 0.3) is 0 Å². The van der Waals surface area contributed by atoms with Gasteiger partial charge in [-0.25, -0.2) is 4.79 Å². The average Bonchev–Trinajstić information content (AvgIpc) is 3.20. The molecule has 5 fully saturated rings. The van der Waals surface area contributed by atoms with E-state index in [1.165, 1.54) is 0 Å². The first-order chi connectivity index (χ1) is 23.7. The van der Waals surface area contributed by atoms with Gasteiger partial charge in [0.25, 0.3) is 5.91 Å². The second kappa shape index (κ2) is 14.3. The second-order valence-electron chi connectivity index (χ2n) is 19.0. The van der Waals surface area contributed by atoms with Gasteiger partial charge in [-0.1, -0.05) is 74.1 Å². The lowest BCUT2D eigenvalue weighted by Crippen LogP contribution is -2.62. The van der Waals surface area contributed by atoms with Gasteiger partial charge in [0.15, 0.2) is 0 Å². The SMILES string of the molecule is CC(C)C(CN1C[C@@H](C)N(C)[C@@H](C)C1)NC(=O)NC(C(=O)N1CC2(CC1C(=O)NC(CC1CCC1)C(=O)C(N)=O)C(C)(C)C21CCC1)C(C)(C)C. The number of primary amides is 1. The molecule has 7 atom stereocenters. The number of Topliss-reactive ketones (excluding diaryl/α,β-unsaturated/α-hetero) is 1. The van der Waals surface area contributed by atoms with E-state index in [2.05, 4.69) is 74.3 Å². The highest BCUT2D eigenvalue weighted by molar-refractivity contribution is 6.37. The van der Waals surface area contributed by atoms with Crippen LogP contribution in [0.15, 0.2) is 0 Å². The van der Waals surface area contributed by atoms with E-state index in [1.54, 1.807) is 4.90 Å². The van der Waals surface area contributed by atoms with E-state index in [-0.39, 0.29) is 40.0 Å². The lowest BCUT2D eigenvalue weighted by molar-refractivity contribution is -0.143. The van der Waals surface area contributed by atoms with Crippen LogP contribution in [0.1, 0.15) is 114 Å². The quantitative estimate of drug-likeness (QED) is 0.226. The molecule has 2 saturated heterocycles. The molecule has 2 heterocycles. The minimum absolute atomic E-state index is 0.0622. The first kappa shape index (κ1) is 39.5. The van der Waals surface area contributed by atoms with Gasteiger partial charge in [-0.3, -0.25) is 29.0 Å². The Morgan fingerprint density at radius 1 is 0.902 bits per heavy atom. The molecule has 12 nitrogen and oxygen atoms in total. The van der Waals surface area contributed by atoms with Gasteiger partial charge in [0.1, 0.15) is 12.1 Å². The van der Waals surface area contributed by atoms with Gasteiger partial charge < -0.3 is 26.6 Å². The van der Waals surface area contributed by atoms with Crippen molar-refractivity contribution in [3.05, 3.63) is 0 Å². The topological polar surface area (TPSA) is 157 Å². The van der Waals surface area contributed by atoms with Gasteiger partial charge in [-0.2, -0.15) is 0 Å². The highest BCUT2D eigenvalue weighted by Crippen LogP contribution is 2.88. The summed E-state index contributed by atoms with van der Waals surface area (Å²) in [5.74, 6) is -2.17. The van der Waals surface area contributed by atoms with Crippen molar-refractivity contribution in [1.82, 2.24) is 30.7 Å². The van der Waals surface area contributed by atoms with Crippen LogP contribution < -0.4 is 21.7 Å². The molecule has 12 heteroatoms. The lowest BCUT2D eigenvalue weighted by Gasteiger charge is -2.44. The predicted octanol–water partition coefficient (Wildman–Crippen LogP) is 3.28. The molecule has 5 amide bonds. The van der Waals surface area contributed by atoms with Crippen molar-refractivity contribution >= 4 is 29.5 Å². The third-order valence-corrected chi connectivity index (χ3v) is 14.5. The van der Waals surface area contributed by atoms with Crippen LogP contribution in [0.2, 0.25) is 0 Å². The number of carbonyl (C=O) groups is 5. The summed E-state index contributed by atoms with van der Waals surface area (Å²) in [6.45, 7) is 21.9. The molecule has 3 saturated carbocycles. The molecule has 288 valence electrons. The molecule has 5 N–H and O–H groups in total. The smallest absolute Gasteiger partial charge is 0.315 e. The Morgan fingerprint density at radius 3 is 1.96 bits per heavy atom. The first-order valence-corrected chi connectivity index (χ1v) is 19.6. The number of urea groups is 1. The Labute approximate surface area is 306 Å². The van der Waals surface area contributed by atoms with Crippen LogP contribution >= 0.6 is 0 Å². The van der Waals surface area contributed by atoms with Crippen molar-refractivity contribution in [1.29, 1.82) is 0 Å². The highest BCUT2D eigenvalue weighted by Gasteiger charge is 2.85. The molecule has 51 heavy (non-hydrogen) atoms. The normalized spacial score (nSPS) is 30.6. The summed E-state index contributed by atoms with van der Waals surface area (Å²) < 4.78 is 0. The number of nitrogens with two attached hydrogens (primary N) is 1. The van der Waals surface area contributed by atoms with E-state index in [9.17, 15) is 24.0 Å². The number of nitrogens with zero attached hydrogens (tertiary/aromatic N) is 3. The van der Waals surface area contributed by atoms with E-state index >= 15 is 0 Å². The molecule has 0 aromatic heterocycles. The molecule has 2 spiro atoms. The Bertz CT molecular complexity index is 1360. The Kier molecular flexibility index (Phi) is 11.0. The molecule has 0 bridgehead atoms. The van der Waals surface area contributed by atoms with Gasteiger partial charge in [0.2, 0.25) is 17.6 Å². The first-order valence-electron chi connectivity index (χ1n) is 19.6. The monoisotopic (exact) mass is 714 g/mol. The van der Waals surface area contributed by atoms with Gasteiger partial charge in [-0.15, -0.1) is 0 Å². The van der Waals surface area contributed by atoms with E-state index in [0.29, 0.717) is 38.0 Å². The highest BCUT2D eigenvalue weighted by atomic mass is 16.2. The molecular weight excluding hydrogens is 646 g/mol. The third-order valence-electron chi connectivity index (χ3n) is 14.5. The summed E-state index contributed by atoms with van der Waals surface area (Å²) in [4.78, 5) is 74.4. The van der Waals surface area contributed by atoms with Crippen molar-refractivity contribution in [3.8, 4) is 0 Å². The van der Waals surface area contributed by atoms with Gasteiger partial charge in [0, 0.05) is 49.7 Å². The zero-order valence-corrected chi connectivity index (χ0v) is 33.1. The zero-order valence-electron chi connectivity index (χ0n) is 33.1. The fraction of sp³-hybridized carbons (Fsp3) is 0.872. The molecular formula is C39H67N7O5. The summed E-state index contributed by atoms with van der Waals surface area (Å²) in [5, 5.41) is 9.15. The summed E-state index contributed by atoms with van der Waals surface area (Å²) in [6.07, 6.45) is 7.04. The molecule has 3 aliphatic carbocycles. The third kappa shape index (κ3) is 7.17. The number of amides is 5. The Balaban J connectivity index is 1.36. The minimum atomic E-state index is -1.06. The van der Waals surface area contributed by atoms with Crippen LogP contribution in [-0.4, -0.2) is 114 Å². The van der Waals surface area contributed by atoms with E-state index in [1.807, 2.05) is 20.8 Å². The molecule has 0 aromatic carbocycles.